The molecular weight excluding hydrogens is 302 g/mol. The van der Waals surface area contributed by atoms with Crippen molar-refractivity contribution in [2.75, 3.05) is 31.5 Å². The number of nitrogens with one attached hydrogen (secondary N) is 1. The molecule has 1 saturated heterocycles. The van der Waals surface area contributed by atoms with Crippen molar-refractivity contribution < 1.29 is 13.2 Å². The maximum atomic E-state index is 12.4. The number of hydrogen-bond donors (Lipinski definition) is 1. The molecule has 0 atom stereocenters. The van der Waals surface area contributed by atoms with Gasteiger partial charge in [0.25, 0.3) is 0 Å². The Labute approximate surface area is 132 Å². The Bertz CT molecular complexity index is 603. The van der Waals surface area contributed by atoms with Crippen LogP contribution >= 0.6 is 0 Å². The zero-order chi connectivity index (χ0) is 16.2. The van der Waals surface area contributed by atoms with E-state index in [1.807, 2.05) is 13.8 Å². The molecule has 2 amide bonds. The number of rotatable bonds is 5. The molecule has 122 valence electrons. The summed E-state index contributed by atoms with van der Waals surface area (Å²) in [6, 6.07) is 6.20. The predicted molar refractivity (Wildman–Crippen MR) is 86.4 cm³/mol. The van der Waals surface area contributed by atoms with E-state index in [1.165, 1.54) is 16.4 Å². The van der Waals surface area contributed by atoms with Gasteiger partial charge in [-0.05, 0) is 37.1 Å². The number of anilines is 1. The second-order valence-electron chi connectivity index (χ2n) is 5.24. The molecule has 1 heterocycles. The van der Waals surface area contributed by atoms with Crippen LogP contribution in [-0.2, 0) is 10.0 Å². The standard InChI is InChI=1S/C15H23N3O3S/c1-3-18(4-2)22(20,21)14-9-7-13(8-10-14)16-15(19)17-11-5-6-12-17/h7-10H,3-6,11-12H2,1-2H3,(H,16,19). The van der Waals surface area contributed by atoms with Crippen LogP contribution in [-0.4, -0.2) is 49.8 Å². The molecule has 0 saturated carbocycles. The van der Waals surface area contributed by atoms with Gasteiger partial charge in [-0.1, -0.05) is 13.8 Å². The maximum absolute atomic E-state index is 12.4. The lowest BCUT2D eigenvalue weighted by Gasteiger charge is -2.19. The van der Waals surface area contributed by atoms with Crippen molar-refractivity contribution in [1.82, 2.24) is 9.21 Å². The normalized spacial score (nSPS) is 15.3. The van der Waals surface area contributed by atoms with Crippen LogP contribution in [0.2, 0.25) is 0 Å². The highest BCUT2D eigenvalue weighted by atomic mass is 32.2. The van der Waals surface area contributed by atoms with Gasteiger partial charge in [-0.25, -0.2) is 13.2 Å². The van der Waals surface area contributed by atoms with E-state index in [0.717, 1.165) is 25.9 Å². The Morgan fingerprint density at radius 2 is 1.68 bits per heavy atom. The van der Waals surface area contributed by atoms with Crippen molar-refractivity contribution in [3.8, 4) is 0 Å². The van der Waals surface area contributed by atoms with Crippen LogP contribution in [0.5, 0.6) is 0 Å². The topological polar surface area (TPSA) is 69.7 Å². The third-order valence-electron chi connectivity index (χ3n) is 3.84. The number of urea groups is 1. The van der Waals surface area contributed by atoms with Crippen molar-refractivity contribution in [2.45, 2.75) is 31.6 Å². The molecule has 1 aromatic carbocycles. The van der Waals surface area contributed by atoms with Crippen molar-refractivity contribution in [3.05, 3.63) is 24.3 Å². The van der Waals surface area contributed by atoms with E-state index in [1.54, 1.807) is 17.0 Å². The molecule has 0 bridgehead atoms. The smallest absolute Gasteiger partial charge is 0.321 e. The van der Waals surface area contributed by atoms with E-state index >= 15 is 0 Å². The highest BCUT2D eigenvalue weighted by Crippen LogP contribution is 2.19. The van der Waals surface area contributed by atoms with Gasteiger partial charge in [-0.3, -0.25) is 0 Å². The van der Waals surface area contributed by atoms with Crippen LogP contribution in [0.15, 0.2) is 29.2 Å². The third-order valence-corrected chi connectivity index (χ3v) is 5.91. The van der Waals surface area contributed by atoms with E-state index in [-0.39, 0.29) is 10.9 Å². The van der Waals surface area contributed by atoms with Crippen LogP contribution in [0.25, 0.3) is 0 Å². The first-order chi connectivity index (χ1) is 10.5. The van der Waals surface area contributed by atoms with Crippen LogP contribution in [0.1, 0.15) is 26.7 Å². The Kier molecular flexibility index (Phi) is 5.42. The van der Waals surface area contributed by atoms with Crippen molar-refractivity contribution in [1.29, 1.82) is 0 Å². The van der Waals surface area contributed by atoms with Gasteiger partial charge in [0.05, 0.1) is 4.90 Å². The summed E-state index contributed by atoms with van der Waals surface area (Å²) in [7, 11) is -3.45. The first kappa shape index (κ1) is 16.8. The summed E-state index contributed by atoms with van der Waals surface area (Å²) in [6.45, 7) is 6.05. The van der Waals surface area contributed by atoms with Gasteiger partial charge in [-0.15, -0.1) is 0 Å². The number of carbonyl (C=O) groups is 1. The predicted octanol–water partition coefficient (Wildman–Crippen LogP) is 2.34. The van der Waals surface area contributed by atoms with Gasteiger partial charge in [-0.2, -0.15) is 4.31 Å². The van der Waals surface area contributed by atoms with Crippen molar-refractivity contribution in [3.63, 3.8) is 0 Å². The maximum Gasteiger partial charge on any atom is 0.321 e. The zero-order valence-corrected chi connectivity index (χ0v) is 13.9. The number of likely N-dealkylation sites (tertiary alicyclic amines) is 1. The minimum atomic E-state index is -3.45. The molecule has 2 rings (SSSR count). The van der Waals surface area contributed by atoms with Gasteiger partial charge in [0.2, 0.25) is 10.0 Å². The van der Waals surface area contributed by atoms with Gasteiger partial charge in [0, 0.05) is 31.9 Å². The second kappa shape index (κ2) is 7.11. The highest BCUT2D eigenvalue weighted by molar-refractivity contribution is 7.89. The zero-order valence-electron chi connectivity index (χ0n) is 13.1. The van der Waals surface area contributed by atoms with Crippen LogP contribution in [0, 0.1) is 0 Å². The minimum absolute atomic E-state index is 0.128. The van der Waals surface area contributed by atoms with Crippen molar-refractivity contribution >= 4 is 21.7 Å². The summed E-state index contributed by atoms with van der Waals surface area (Å²) in [6.07, 6.45) is 2.07. The van der Waals surface area contributed by atoms with Gasteiger partial charge < -0.3 is 10.2 Å². The van der Waals surface area contributed by atoms with E-state index in [0.29, 0.717) is 18.8 Å². The molecule has 0 aliphatic carbocycles. The van der Waals surface area contributed by atoms with E-state index < -0.39 is 10.0 Å². The Morgan fingerprint density at radius 3 is 2.18 bits per heavy atom. The first-order valence-electron chi connectivity index (χ1n) is 7.65. The molecule has 0 unspecified atom stereocenters. The molecule has 0 radical (unpaired) electrons. The minimum Gasteiger partial charge on any atom is -0.325 e. The van der Waals surface area contributed by atoms with Crippen LogP contribution < -0.4 is 5.32 Å². The van der Waals surface area contributed by atoms with E-state index in [4.69, 9.17) is 0 Å². The summed E-state index contributed by atoms with van der Waals surface area (Å²) in [4.78, 5) is 14.0. The largest absolute Gasteiger partial charge is 0.325 e. The van der Waals surface area contributed by atoms with Gasteiger partial charge >= 0.3 is 6.03 Å². The molecule has 0 aromatic heterocycles. The summed E-state index contributed by atoms with van der Waals surface area (Å²) in [5, 5.41) is 2.80. The van der Waals surface area contributed by atoms with E-state index in [9.17, 15) is 13.2 Å². The molecular formula is C15H23N3O3S. The average molecular weight is 325 g/mol. The monoisotopic (exact) mass is 325 g/mol. The summed E-state index contributed by atoms with van der Waals surface area (Å²) < 4.78 is 26.1. The molecule has 1 fully saturated rings. The average Bonchev–Trinajstić information content (AvgIpc) is 3.03. The summed E-state index contributed by atoms with van der Waals surface area (Å²) >= 11 is 0. The number of nitrogens with zero attached hydrogens (tertiary/aromatic N) is 2. The SMILES string of the molecule is CCN(CC)S(=O)(=O)c1ccc(NC(=O)N2CCCC2)cc1. The Morgan fingerprint density at radius 1 is 1.14 bits per heavy atom. The molecule has 6 nitrogen and oxygen atoms in total. The first-order valence-corrected chi connectivity index (χ1v) is 9.09. The van der Waals surface area contributed by atoms with Crippen LogP contribution in [0.4, 0.5) is 10.5 Å². The lowest BCUT2D eigenvalue weighted by molar-refractivity contribution is 0.222. The fourth-order valence-electron chi connectivity index (χ4n) is 2.55. The van der Waals surface area contributed by atoms with Crippen molar-refractivity contribution in [2.24, 2.45) is 0 Å². The summed E-state index contributed by atoms with van der Waals surface area (Å²) in [5.41, 5.74) is 0.607. The number of amides is 2. The molecule has 0 spiro atoms. The molecule has 1 aliphatic rings. The lowest BCUT2D eigenvalue weighted by atomic mass is 10.3. The molecule has 1 aliphatic heterocycles. The highest BCUT2D eigenvalue weighted by Gasteiger charge is 2.22. The van der Waals surface area contributed by atoms with Crippen LogP contribution in [0.3, 0.4) is 0 Å². The third kappa shape index (κ3) is 3.59. The quantitative estimate of drug-likeness (QED) is 0.903. The number of benzene rings is 1. The fraction of sp³-hybridized carbons (Fsp3) is 0.533. The van der Waals surface area contributed by atoms with Gasteiger partial charge in [0.1, 0.15) is 0 Å². The Balaban J connectivity index is 2.08. The number of sulfonamides is 1. The molecule has 1 N–H and O–H groups in total. The van der Waals surface area contributed by atoms with Gasteiger partial charge in [0.15, 0.2) is 0 Å². The molecule has 7 heteroatoms. The number of carbonyl (C=O) groups excluding carboxylic acids is 1. The lowest BCUT2D eigenvalue weighted by Crippen LogP contribution is -2.32. The fourth-order valence-corrected chi connectivity index (χ4v) is 4.00. The summed E-state index contributed by atoms with van der Waals surface area (Å²) in [5.74, 6) is 0. The molecule has 22 heavy (non-hydrogen) atoms. The van der Waals surface area contributed by atoms with E-state index in [2.05, 4.69) is 5.32 Å². The second-order valence-corrected chi connectivity index (χ2v) is 7.18. The number of hydrogen-bond acceptors (Lipinski definition) is 3. The molecule has 1 aromatic rings. The Hall–Kier alpha value is -1.60.